The van der Waals surface area contributed by atoms with Gasteiger partial charge in [0.15, 0.2) is 0 Å². The number of methoxy groups -OCH3 is 1. The molecular formula is C22H29N3O8S. The lowest BCUT2D eigenvalue weighted by molar-refractivity contribution is -0.144. The lowest BCUT2D eigenvalue weighted by Crippen LogP contribution is -2.49. The van der Waals surface area contributed by atoms with Crippen LogP contribution in [0.3, 0.4) is 0 Å². The summed E-state index contributed by atoms with van der Waals surface area (Å²) in [4.78, 5) is 62.2. The maximum atomic E-state index is 12.8. The summed E-state index contributed by atoms with van der Waals surface area (Å²) in [6.07, 6.45) is -0.967. The number of alkyl carbamates (subject to hydrolysis) is 1. The van der Waals surface area contributed by atoms with Crippen molar-refractivity contribution in [1.82, 2.24) is 15.5 Å². The first kappa shape index (κ1) is 27.0. The van der Waals surface area contributed by atoms with Gasteiger partial charge in [0.1, 0.15) is 25.2 Å². The van der Waals surface area contributed by atoms with Gasteiger partial charge >= 0.3 is 18.0 Å². The summed E-state index contributed by atoms with van der Waals surface area (Å²) in [5.74, 6) is -1.43. The molecule has 1 aliphatic heterocycles. The van der Waals surface area contributed by atoms with Crippen molar-refractivity contribution >= 4 is 41.6 Å². The summed E-state index contributed by atoms with van der Waals surface area (Å²) in [6.45, 7) is 1.60. The van der Waals surface area contributed by atoms with Gasteiger partial charge in [-0.3, -0.25) is 14.4 Å². The van der Waals surface area contributed by atoms with E-state index < -0.39 is 36.0 Å². The van der Waals surface area contributed by atoms with Crippen molar-refractivity contribution in [2.24, 2.45) is 0 Å². The van der Waals surface area contributed by atoms with E-state index in [-0.39, 0.29) is 38.5 Å². The molecule has 1 aromatic carbocycles. The first-order valence-electron chi connectivity index (χ1n) is 10.7. The molecule has 186 valence electrons. The zero-order valence-corrected chi connectivity index (χ0v) is 19.9. The van der Waals surface area contributed by atoms with E-state index in [0.29, 0.717) is 11.6 Å². The van der Waals surface area contributed by atoms with Gasteiger partial charge < -0.3 is 29.7 Å². The standard InChI is InChI=1S/C22H29N3O8S/c1-3-32-19(27)11-23-20(28)17-13-34-14-25(17)18(26)10-9-16(21(29)31-2)24-22(30)33-12-15-7-5-4-6-8-15/h4-8,16-17H,3,9-14H2,1-2H3,(H,23,28)(H,24,30). The van der Waals surface area contributed by atoms with Gasteiger partial charge in [0.25, 0.3) is 0 Å². The highest BCUT2D eigenvalue weighted by Crippen LogP contribution is 2.22. The largest absolute Gasteiger partial charge is 0.467 e. The monoisotopic (exact) mass is 495 g/mol. The molecular weight excluding hydrogens is 466 g/mol. The molecule has 0 bridgehead atoms. The van der Waals surface area contributed by atoms with Crippen LogP contribution in [0.1, 0.15) is 25.3 Å². The van der Waals surface area contributed by atoms with E-state index in [1.807, 2.05) is 6.07 Å². The highest BCUT2D eigenvalue weighted by atomic mass is 32.2. The zero-order chi connectivity index (χ0) is 24.9. The molecule has 2 atom stereocenters. The van der Waals surface area contributed by atoms with Gasteiger partial charge in [-0.25, -0.2) is 9.59 Å². The van der Waals surface area contributed by atoms with Crippen molar-refractivity contribution < 1.29 is 38.2 Å². The third-order valence-corrected chi connectivity index (χ3v) is 5.87. The topological polar surface area (TPSA) is 140 Å². The molecule has 11 nitrogen and oxygen atoms in total. The van der Waals surface area contributed by atoms with Crippen molar-refractivity contribution in [1.29, 1.82) is 0 Å². The summed E-state index contributed by atoms with van der Waals surface area (Å²) in [5, 5.41) is 4.89. The second-order valence-electron chi connectivity index (χ2n) is 7.22. The van der Waals surface area contributed by atoms with Gasteiger partial charge in [-0.2, -0.15) is 0 Å². The number of amides is 3. The summed E-state index contributed by atoms with van der Waals surface area (Å²) in [7, 11) is 1.18. The minimum atomic E-state index is -1.09. The normalized spacial score (nSPS) is 15.7. The Morgan fingerprint density at radius 3 is 2.56 bits per heavy atom. The van der Waals surface area contributed by atoms with E-state index in [1.165, 1.54) is 23.8 Å². The summed E-state index contributed by atoms with van der Waals surface area (Å²) in [6, 6.07) is 7.19. The average molecular weight is 496 g/mol. The Morgan fingerprint density at radius 1 is 1.15 bits per heavy atom. The Kier molecular flexibility index (Phi) is 11.2. The third-order valence-electron chi connectivity index (χ3n) is 4.86. The van der Waals surface area contributed by atoms with Gasteiger partial charge in [0, 0.05) is 12.2 Å². The van der Waals surface area contributed by atoms with Crippen molar-refractivity contribution in [3.05, 3.63) is 35.9 Å². The van der Waals surface area contributed by atoms with Crippen molar-refractivity contribution in [3.63, 3.8) is 0 Å². The van der Waals surface area contributed by atoms with E-state index in [9.17, 15) is 24.0 Å². The van der Waals surface area contributed by atoms with Gasteiger partial charge in [0.2, 0.25) is 11.8 Å². The van der Waals surface area contributed by atoms with Crippen LogP contribution in [0.25, 0.3) is 0 Å². The highest BCUT2D eigenvalue weighted by Gasteiger charge is 2.35. The van der Waals surface area contributed by atoms with Crippen LogP contribution < -0.4 is 10.6 Å². The molecule has 2 unspecified atom stereocenters. The molecule has 2 N–H and O–H groups in total. The lowest BCUT2D eigenvalue weighted by Gasteiger charge is -2.24. The molecule has 1 aromatic rings. The van der Waals surface area contributed by atoms with Crippen LogP contribution in [0.15, 0.2) is 30.3 Å². The number of esters is 2. The predicted octanol–water partition coefficient (Wildman–Crippen LogP) is 0.815. The number of thioether (sulfide) groups is 1. The highest BCUT2D eigenvalue weighted by molar-refractivity contribution is 7.99. The number of carbonyl (C=O) groups excluding carboxylic acids is 5. The van der Waals surface area contributed by atoms with Crippen molar-refractivity contribution in [3.8, 4) is 0 Å². The summed E-state index contributed by atoms with van der Waals surface area (Å²) < 4.78 is 14.6. The molecule has 0 spiro atoms. The first-order chi connectivity index (χ1) is 16.3. The fraction of sp³-hybridized carbons (Fsp3) is 0.500. The number of rotatable bonds is 11. The Morgan fingerprint density at radius 2 is 1.88 bits per heavy atom. The average Bonchev–Trinajstić information content (AvgIpc) is 3.34. The minimum absolute atomic E-state index is 0.0209. The molecule has 1 aliphatic rings. The van der Waals surface area contributed by atoms with Crippen LogP contribution in [-0.2, 0) is 40.0 Å². The van der Waals surface area contributed by atoms with E-state index >= 15 is 0 Å². The van der Waals surface area contributed by atoms with Gasteiger partial charge in [0.05, 0.1) is 19.6 Å². The third kappa shape index (κ3) is 8.58. The van der Waals surface area contributed by atoms with Crippen molar-refractivity contribution in [2.45, 2.75) is 38.5 Å². The van der Waals surface area contributed by atoms with E-state index in [1.54, 1.807) is 31.2 Å². The Labute approximate surface area is 201 Å². The maximum Gasteiger partial charge on any atom is 0.408 e. The fourth-order valence-corrected chi connectivity index (χ4v) is 4.29. The van der Waals surface area contributed by atoms with Gasteiger partial charge in [-0.05, 0) is 18.9 Å². The van der Waals surface area contributed by atoms with Crippen LogP contribution in [-0.4, -0.2) is 78.7 Å². The second kappa shape index (κ2) is 14.1. The van der Waals surface area contributed by atoms with Gasteiger partial charge in [-0.1, -0.05) is 30.3 Å². The van der Waals surface area contributed by atoms with Crippen LogP contribution >= 0.6 is 11.8 Å². The van der Waals surface area contributed by atoms with E-state index in [4.69, 9.17) is 14.2 Å². The molecule has 0 aliphatic carbocycles. The van der Waals surface area contributed by atoms with Crippen LogP contribution in [0.4, 0.5) is 4.79 Å². The summed E-state index contributed by atoms with van der Waals surface area (Å²) >= 11 is 1.40. The fourth-order valence-electron chi connectivity index (χ4n) is 3.10. The quantitative estimate of drug-likeness (QED) is 0.337. The molecule has 1 fully saturated rings. The zero-order valence-electron chi connectivity index (χ0n) is 19.1. The number of ether oxygens (including phenoxy) is 3. The van der Waals surface area contributed by atoms with E-state index in [0.717, 1.165) is 5.56 Å². The SMILES string of the molecule is CCOC(=O)CNC(=O)C1CSCN1C(=O)CCC(NC(=O)OCc1ccccc1)C(=O)OC. The van der Waals surface area contributed by atoms with Crippen molar-refractivity contribution in [2.75, 3.05) is 31.9 Å². The number of nitrogens with one attached hydrogen (secondary N) is 2. The second-order valence-corrected chi connectivity index (χ2v) is 8.22. The number of hydrogen-bond acceptors (Lipinski definition) is 9. The Hall–Kier alpha value is -3.28. The molecule has 3 amide bonds. The van der Waals surface area contributed by atoms with E-state index in [2.05, 4.69) is 10.6 Å². The number of carbonyl (C=O) groups is 5. The molecule has 0 saturated carbocycles. The number of nitrogens with zero attached hydrogens (tertiary/aromatic N) is 1. The molecule has 2 rings (SSSR count). The lowest BCUT2D eigenvalue weighted by atomic mass is 10.1. The Balaban J connectivity index is 1.86. The summed E-state index contributed by atoms with van der Waals surface area (Å²) in [5.41, 5.74) is 0.779. The molecule has 0 aromatic heterocycles. The number of hydrogen-bond donors (Lipinski definition) is 2. The molecule has 12 heteroatoms. The van der Waals surface area contributed by atoms with Crippen LogP contribution in [0.5, 0.6) is 0 Å². The maximum absolute atomic E-state index is 12.8. The minimum Gasteiger partial charge on any atom is -0.467 e. The van der Waals surface area contributed by atoms with Crippen LogP contribution in [0.2, 0.25) is 0 Å². The molecule has 34 heavy (non-hydrogen) atoms. The van der Waals surface area contributed by atoms with Crippen LogP contribution in [0, 0.1) is 0 Å². The predicted molar refractivity (Wildman–Crippen MR) is 122 cm³/mol. The molecule has 1 heterocycles. The van der Waals surface area contributed by atoms with Gasteiger partial charge in [-0.15, -0.1) is 11.8 Å². The molecule has 1 saturated heterocycles. The smallest absolute Gasteiger partial charge is 0.408 e. The number of benzene rings is 1. The Bertz CT molecular complexity index is 867. The first-order valence-corrected chi connectivity index (χ1v) is 11.9. The molecule has 0 radical (unpaired) electrons.